The molecule has 0 bridgehead atoms. The second-order valence-corrected chi connectivity index (χ2v) is 32.7. The Hall–Kier alpha value is -2.59. The normalized spacial score (nSPS) is 24.1. The topological polar surface area (TPSA) is 18.5 Å². The smallest absolute Gasteiger partial charge is 0.147 e. The molecule has 1 saturated carbocycles. The molecule has 4 aliphatic rings. The van der Waals surface area contributed by atoms with Gasteiger partial charge in [0.25, 0.3) is 0 Å². The van der Waals surface area contributed by atoms with Crippen LogP contribution in [0.5, 0.6) is 11.5 Å². The van der Waals surface area contributed by atoms with Crippen LogP contribution in [0.4, 0.5) is 0 Å². The molecular formula is C46H54Cl2HfO2. The number of halogens is 2. The van der Waals surface area contributed by atoms with E-state index in [2.05, 4.69) is 125 Å². The van der Waals surface area contributed by atoms with E-state index < -0.39 is 20.0 Å². The average Bonchev–Trinajstić information content (AvgIpc) is 3.39. The molecule has 4 atom stereocenters. The van der Waals surface area contributed by atoms with Crippen molar-refractivity contribution in [2.45, 2.75) is 80.9 Å². The minimum atomic E-state index is -3.32. The van der Waals surface area contributed by atoms with E-state index in [9.17, 15) is 0 Å². The summed E-state index contributed by atoms with van der Waals surface area (Å²) in [7, 11) is 3.51. The van der Waals surface area contributed by atoms with Crippen LogP contribution >= 0.6 is 24.8 Å². The maximum Gasteiger partial charge on any atom is -0.147 e. The second kappa shape index (κ2) is 15.4. The third-order valence-corrected chi connectivity index (χ3v) is 37.2. The van der Waals surface area contributed by atoms with Gasteiger partial charge in [-0.2, -0.15) is 0 Å². The number of fused-ring (bicyclic) bond motifs is 3. The van der Waals surface area contributed by atoms with Gasteiger partial charge in [-0.3, -0.25) is 0 Å². The molecular weight excluding hydrogens is 834 g/mol. The van der Waals surface area contributed by atoms with Gasteiger partial charge in [-0.1, -0.05) is 0 Å². The predicted molar refractivity (Wildman–Crippen MR) is 218 cm³/mol. The first-order chi connectivity index (χ1) is 23.8. The Morgan fingerprint density at radius 2 is 0.961 bits per heavy atom. The van der Waals surface area contributed by atoms with Crippen LogP contribution in [0.1, 0.15) is 95.8 Å². The molecule has 0 amide bonds. The first-order valence-electron chi connectivity index (χ1n) is 18.8. The van der Waals surface area contributed by atoms with Gasteiger partial charge in [0, 0.05) is 0 Å². The number of rotatable bonds is 10. The van der Waals surface area contributed by atoms with E-state index in [-0.39, 0.29) is 24.8 Å². The van der Waals surface area contributed by atoms with Crippen molar-refractivity contribution in [3.05, 3.63) is 118 Å². The summed E-state index contributed by atoms with van der Waals surface area (Å²) < 4.78 is 14.4. The molecule has 1 heterocycles. The molecule has 2 nitrogen and oxygen atoms in total. The molecule has 0 spiro atoms. The van der Waals surface area contributed by atoms with Crippen LogP contribution in [0, 0.1) is 11.8 Å². The Morgan fingerprint density at radius 1 is 0.569 bits per heavy atom. The van der Waals surface area contributed by atoms with Crippen LogP contribution in [0.2, 0.25) is 7.35 Å². The number of benzene rings is 4. The summed E-state index contributed by atoms with van der Waals surface area (Å²) in [5, 5.41) is 0. The molecule has 4 unspecified atom stereocenters. The van der Waals surface area contributed by atoms with Gasteiger partial charge in [0.15, 0.2) is 0 Å². The Balaban J connectivity index is 0.00000224. The zero-order valence-corrected chi connectivity index (χ0v) is 36.3. The zero-order chi connectivity index (χ0) is 33.9. The van der Waals surface area contributed by atoms with Crippen molar-refractivity contribution >= 4 is 37.0 Å². The number of hydrogen-bond donors (Lipinski definition) is 0. The number of ether oxygens (including phenoxy) is 2. The standard InChI is InChI=1S/2C20H21O.C6H10.2ClH.Hf/c2*1-14(2)11-15-12-17-5-4-6-19(20(17)13-15)16-7-9-18(21-3)10-8-16;1-2-4-6-5-3-1;;;/h2*4-10,12-14H,11H2,1-3H3;1-2H,3-6H2;2*1H;. The van der Waals surface area contributed by atoms with Gasteiger partial charge in [-0.25, -0.2) is 0 Å². The maximum absolute atomic E-state index is 5.54. The predicted octanol–water partition coefficient (Wildman–Crippen LogP) is 13.9. The summed E-state index contributed by atoms with van der Waals surface area (Å²) >= 11 is -3.32. The molecule has 4 aromatic carbocycles. The van der Waals surface area contributed by atoms with Crippen LogP contribution in [0.3, 0.4) is 0 Å². The molecule has 4 aromatic rings. The van der Waals surface area contributed by atoms with Crippen LogP contribution in [0.15, 0.2) is 96.1 Å². The molecule has 268 valence electrons. The van der Waals surface area contributed by atoms with Crippen molar-refractivity contribution in [1.29, 1.82) is 0 Å². The van der Waals surface area contributed by atoms with Gasteiger partial charge in [-0.05, 0) is 0 Å². The van der Waals surface area contributed by atoms with E-state index in [1.807, 2.05) is 0 Å². The third kappa shape index (κ3) is 6.52. The largest absolute Gasteiger partial charge is 0.147 e. The maximum atomic E-state index is 5.54. The first-order valence-corrected chi connectivity index (χ1v) is 27.1. The summed E-state index contributed by atoms with van der Waals surface area (Å²) in [6.45, 7) is 9.74. The van der Waals surface area contributed by atoms with Crippen molar-refractivity contribution in [3.8, 4) is 33.8 Å². The van der Waals surface area contributed by atoms with Gasteiger partial charge in [-0.15, -0.1) is 24.8 Å². The Kier molecular flexibility index (Phi) is 11.5. The molecule has 0 aromatic heterocycles. The van der Waals surface area contributed by atoms with Gasteiger partial charge in [0.1, 0.15) is 0 Å². The molecule has 0 N–H and O–H groups in total. The van der Waals surface area contributed by atoms with Crippen LogP contribution in [-0.2, 0) is 20.0 Å². The van der Waals surface area contributed by atoms with E-state index >= 15 is 0 Å². The third-order valence-electron chi connectivity index (χ3n) is 12.3. The van der Waals surface area contributed by atoms with Crippen LogP contribution in [-0.4, -0.2) is 14.2 Å². The molecule has 2 fully saturated rings. The Morgan fingerprint density at radius 3 is 1.31 bits per heavy atom. The second-order valence-electron chi connectivity index (χ2n) is 16.1. The fraction of sp³-hybridized carbons (Fsp3) is 0.391. The summed E-state index contributed by atoms with van der Waals surface area (Å²) in [5.41, 5.74) is 15.3. The van der Waals surface area contributed by atoms with E-state index in [0.717, 1.165) is 18.8 Å². The van der Waals surface area contributed by atoms with Crippen molar-refractivity contribution in [2.75, 3.05) is 14.2 Å². The van der Waals surface area contributed by atoms with Crippen molar-refractivity contribution in [2.24, 2.45) is 11.8 Å². The quantitative estimate of drug-likeness (QED) is 0.148. The van der Waals surface area contributed by atoms with Crippen molar-refractivity contribution in [1.82, 2.24) is 0 Å². The van der Waals surface area contributed by atoms with Gasteiger partial charge in [0.05, 0.1) is 0 Å². The minimum Gasteiger partial charge on any atom is -0.147 e. The average molecular weight is 888 g/mol. The fourth-order valence-corrected chi connectivity index (χ4v) is 45.9. The molecule has 1 aliphatic heterocycles. The van der Waals surface area contributed by atoms with Crippen LogP contribution in [0.25, 0.3) is 34.4 Å². The molecule has 3 aliphatic carbocycles. The zero-order valence-electron chi connectivity index (χ0n) is 31.1. The molecule has 1 saturated heterocycles. The number of allylic oxidation sites excluding steroid dienone is 2. The van der Waals surface area contributed by atoms with E-state index in [1.54, 1.807) is 36.5 Å². The van der Waals surface area contributed by atoms with E-state index in [1.165, 1.54) is 71.9 Å². The minimum absolute atomic E-state index is 0. The molecule has 51 heavy (non-hydrogen) atoms. The fourth-order valence-electron chi connectivity index (χ4n) is 10.7. The van der Waals surface area contributed by atoms with Crippen molar-refractivity contribution in [3.63, 3.8) is 0 Å². The monoisotopic (exact) mass is 888 g/mol. The molecule has 5 heteroatoms. The molecule has 8 rings (SSSR count). The summed E-state index contributed by atoms with van der Waals surface area (Å²) in [6, 6.07) is 32.1. The SMILES string of the molecule is COc1ccc(-c2cccc3c2C=C(CC(C)C)[CH]3[Hf]2([CH]3C(CC(C)C)=Cc4c(-c5ccc(OC)cc5)cccc43)[CH]3CCCC[CH]32)cc1.Cl.Cl. The number of hydrogen-bond acceptors (Lipinski definition) is 2. The van der Waals surface area contributed by atoms with Crippen molar-refractivity contribution < 1.29 is 29.4 Å². The van der Waals surface area contributed by atoms with Crippen LogP contribution < -0.4 is 9.47 Å². The van der Waals surface area contributed by atoms with Gasteiger partial charge < -0.3 is 0 Å². The number of methoxy groups -OCH3 is 2. The first kappa shape index (κ1) is 38.1. The van der Waals surface area contributed by atoms with Gasteiger partial charge in [0.2, 0.25) is 0 Å². The molecule has 0 radical (unpaired) electrons. The summed E-state index contributed by atoms with van der Waals surface area (Å²) in [4.78, 5) is 0. The summed E-state index contributed by atoms with van der Waals surface area (Å²) in [6.07, 6.45) is 13.6. The Labute approximate surface area is 323 Å². The van der Waals surface area contributed by atoms with E-state index in [0.29, 0.717) is 19.2 Å². The van der Waals surface area contributed by atoms with E-state index in [4.69, 9.17) is 9.47 Å². The van der Waals surface area contributed by atoms with Gasteiger partial charge >= 0.3 is 301 Å². The summed E-state index contributed by atoms with van der Waals surface area (Å²) in [5.74, 6) is 3.12. The Bertz CT molecular complexity index is 1780.